The molecule has 0 unspecified atom stereocenters. The molecule has 1 aliphatic carbocycles. The highest BCUT2D eigenvalue weighted by atomic mass is 79.9. The topological polar surface area (TPSA) is 29.1 Å². The van der Waals surface area contributed by atoms with Gasteiger partial charge in [0.15, 0.2) is 0 Å². The highest BCUT2D eigenvalue weighted by Gasteiger charge is 2.27. The van der Waals surface area contributed by atoms with Gasteiger partial charge in [-0.2, -0.15) is 0 Å². The maximum absolute atomic E-state index is 12.5. The van der Waals surface area contributed by atoms with Gasteiger partial charge in [-0.05, 0) is 65.9 Å². The molecule has 144 valence electrons. The van der Waals surface area contributed by atoms with E-state index in [0.717, 1.165) is 21.3 Å². The largest absolute Gasteiger partial charge is 0.325 e. The first-order chi connectivity index (χ1) is 13.0. The molecule has 0 saturated heterocycles. The maximum Gasteiger partial charge on any atom is 0.234 e. The minimum absolute atomic E-state index is 0.104. The molecule has 0 radical (unpaired) electrons. The lowest BCUT2D eigenvalue weighted by molar-refractivity contribution is -0.113. The van der Waals surface area contributed by atoms with Gasteiger partial charge < -0.3 is 5.32 Å². The van der Waals surface area contributed by atoms with Crippen LogP contribution in [-0.2, 0) is 4.79 Å². The Morgan fingerprint density at radius 3 is 2.41 bits per heavy atom. The van der Waals surface area contributed by atoms with Crippen LogP contribution >= 0.6 is 39.5 Å². The normalized spacial score (nSPS) is 19.7. The summed E-state index contributed by atoms with van der Waals surface area (Å²) in [7, 11) is 0. The van der Waals surface area contributed by atoms with E-state index in [1.54, 1.807) is 0 Å². The zero-order chi connectivity index (χ0) is 19.2. The van der Waals surface area contributed by atoms with Gasteiger partial charge in [-0.3, -0.25) is 4.79 Å². The van der Waals surface area contributed by atoms with E-state index in [0.29, 0.717) is 16.3 Å². The van der Waals surface area contributed by atoms with Crippen molar-refractivity contribution in [3.63, 3.8) is 0 Å². The van der Waals surface area contributed by atoms with E-state index in [2.05, 4.69) is 45.5 Å². The van der Waals surface area contributed by atoms with Crippen molar-refractivity contribution in [1.82, 2.24) is 0 Å². The lowest BCUT2D eigenvalue weighted by Gasteiger charge is -2.30. The molecule has 2 atom stereocenters. The van der Waals surface area contributed by atoms with Crippen LogP contribution in [0.2, 0.25) is 0 Å². The van der Waals surface area contributed by atoms with Crippen LogP contribution in [0.1, 0.15) is 36.8 Å². The van der Waals surface area contributed by atoms with E-state index >= 15 is 0 Å². The first kappa shape index (κ1) is 20.8. The third-order valence-electron chi connectivity index (χ3n) is 4.93. The van der Waals surface area contributed by atoms with Gasteiger partial charge >= 0.3 is 0 Å². The van der Waals surface area contributed by atoms with Crippen LogP contribution in [0.15, 0.2) is 51.8 Å². The summed E-state index contributed by atoms with van der Waals surface area (Å²) in [5, 5.41) is 4.21. The number of rotatable bonds is 6. The number of amides is 1. The summed E-state index contributed by atoms with van der Waals surface area (Å²) in [6.45, 7) is 4.09. The van der Waals surface area contributed by atoms with Gasteiger partial charge in [0.1, 0.15) is 0 Å². The fourth-order valence-electron chi connectivity index (χ4n) is 3.46. The van der Waals surface area contributed by atoms with Crippen molar-refractivity contribution in [3.05, 3.63) is 58.1 Å². The monoisotopic (exact) mass is 463 g/mol. The number of thioether (sulfide) groups is 2. The summed E-state index contributed by atoms with van der Waals surface area (Å²) < 4.78 is 1.16. The summed E-state index contributed by atoms with van der Waals surface area (Å²) in [5.74, 6) is 0.624. The number of nitrogens with one attached hydrogen (secondary N) is 1. The molecule has 1 fully saturated rings. The molecule has 0 heterocycles. The Labute approximate surface area is 179 Å². The molecule has 2 nitrogen and oxygen atoms in total. The van der Waals surface area contributed by atoms with Crippen molar-refractivity contribution in [2.75, 3.05) is 11.1 Å². The van der Waals surface area contributed by atoms with E-state index in [9.17, 15) is 4.79 Å². The highest BCUT2D eigenvalue weighted by molar-refractivity contribution is 9.10. The Kier molecular flexibility index (Phi) is 7.74. The van der Waals surface area contributed by atoms with E-state index < -0.39 is 0 Å². The molecule has 1 saturated carbocycles. The third kappa shape index (κ3) is 5.78. The first-order valence-corrected chi connectivity index (χ1v) is 12.2. The first-order valence-electron chi connectivity index (χ1n) is 9.43. The van der Waals surface area contributed by atoms with Gasteiger partial charge in [0.25, 0.3) is 0 Å². The molecular formula is C22H26BrNOS2. The van der Waals surface area contributed by atoms with Crippen LogP contribution in [0.25, 0.3) is 0 Å². The fraction of sp³-hybridized carbons (Fsp3) is 0.409. The zero-order valence-electron chi connectivity index (χ0n) is 15.8. The summed E-state index contributed by atoms with van der Waals surface area (Å²) in [6.07, 6.45) is 4.97. The number of carbonyl (C=O) groups is 1. The number of carbonyl (C=O) groups excluding carboxylic acids is 1. The number of aryl methyl sites for hydroxylation is 2. The van der Waals surface area contributed by atoms with Gasteiger partial charge in [0.05, 0.1) is 5.75 Å². The van der Waals surface area contributed by atoms with E-state index in [1.165, 1.54) is 30.6 Å². The Bertz CT molecular complexity index is 775. The standard InChI is InChI=1S/C22H26BrNOS2/c1-15-8-7-9-16(2)22(15)24-21(25)14-26-19-12-5-6-13-20(19)27-18-11-4-3-10-17(18)23/h3-4,7-11,19-20H,5-6,12-14H2,1-2H3,(H,24,25)/t19-,20-/m1/s1. The van der Waals surface area contributed by atoms with Crippen LogP contribution < -0.4 is 5.32 Å². The molecule has 0 spiro atoms. The fourth-order valence-corrected chi connectivity index (χ4v) is 6.79. The molecule has 0 aliphatic heterocycles. The Balaban J connectivity index is 1.58. The van der Waals surface area contributed by atoms with E-state index in [-0.39, 0.29) is 5.91 Å². The molecule has 1 aliphatic rings. The zero-order valence-corrected chi connectivity index (χ0v) is 19.1. The van der Waals surface area contributed by atoms with Crippen LogP contribution in [-0.4, -0.2) is 22.2 Å². The quantitative estimate of drug-likeness (QED) is 0.507. The molecule has 3 rings (SSSR count). The minimum atomic E-state index is 0.104. The summed E-state index contributed by atoms with van der Waals surface area (Å²) in [6, 6.07) is 14.5. The molecule has 0 aromatic heterocycles. The smallest absolute Gasteiger partial charge is 0.234 e. The second-order valence-corrected chi connectivity index (χ2v) is 10.4. The number of hydrogen-bond acceptors (Lipinski definition) is 3. The maximum atomic E-state index is 12.5. The summed E-state index contributed by atoms with van der Waals surface area (Å²) in [4.78, 5) is 13.8. The Morgan fingerprint density at radius 2 is 1.70 bits per heavy atom. The van der Waals surface area contributed by atoms with Crippen molar-refractivity contribution >= 4 is 51.0 Å². The number of halogens is 1. The Morgan fingerprint density at radius 1 is 1.04 bits per heavy atom. The third-order valence-corrected chi connectivity index (χ3v) is 8.96. The van der Waals surface area contributed by atoms with Gasteiger partial charge in [-0.15, -0.1) is 23.5 Å². The van der Waals surface area contributed by atoms with Gasteiger partial charge in [-0.1, -0.05) is 43.2 Å². The van der Waals surface area contributed by atoms with Crippen LogP contribution in [0, 0.1) is 13.8 Å². The average Bonchev–Trinajstić information content (AvgIpc) is 2.66. The molecule has 1 amide bonds. The average molecular weight is 464 g/mol. The van der Waals surface area contributed by atoms with Crippen molar-refractivity contribution in [1.29, 1.82) is 0 Å². The van der Waals surface area contributed by atoms with Crippen molar-refractivity contribution < 1.29 is 4.79 Å². The van der Waals surface area contributed by atoms with Gasteiger partial charge in [-0.25, -0.2) is 0 Å². The number of hydrogen-bond donors (Lipinski definition) is 1. The number of benzene rings is 2. The highest BCUT2D eigenvalue weighted by Crippen LogP contribution is 2.41. The van der Waals surface area contributed by atoms with E-state index in [4.69, 9.17) is 0 Å². The SMILES string of the molecule is Cc1cccc(C)c1NC(=O)CS[C@@H]1CCCC[C@H]1Sc1ccccc1Br. The lowest BCUT2D eigenvalue weighted by Crippen LogP contribution is -2.27. The predicted octanol–water partition coefficient (Wildman–Crippen LogP) is 6.84. The van der Waals surface area contributed by atoms with Crippen LogP contribution in [0.3, 0.4) is 0 Å². The molecule has 5 heteroatoms. The second kappa shape index (κ2) is 10.0. The summed E-state index contributed by atoms with van der Waals surface area (Å²) >= 11 is 7.45. The van der Waals surface area contributed by atoms with Gasteiger partial charge in [0.2, 0.25) is 5.91 Å². The number of para-hydroxylation sites is 1. The van der Waals surface area contributed by atoms with Crippen LogP contribution in [0.5, 0.6) is 0 Å². The van der Waals surface area contributed by atoms with Crippen molar-refractivity contribution in [2.45, 2.75) is 54.9 Å². The minimum Gasteiger partial charge on any atom is -0.325 e. The molecule has 2 aromatic rings. The van der Waals surface area contributed by atoms with Crippen molar-refractivity contribution in [3.8, 4) is 0 Å². The molecule has 2 aromatic carbocycles. The van der Waals surface area contributed by atoms with E-state index in [1.807, 2.05) is 55.6 Å². The molecule has 0 bridgehead atoms. The summed E-state index contributed by atoms with van der Waals surface area (Å²) in [5.41, 5.74) is 3.20. The lowest BCUT2D eigenvalue weighted by atomic mass is 10.00. The molecule has 1 N–H and O–H groups in total. The number of anilines is 1. The van der Waals surface area contributed by atoms with Gasteiger partial charge in [0, 0.05) is 25.6 Å². The second-order valence-electron chi connectivity index (χ2n) is 7.04. The Hall–Kier alpha value is -0.910. The van der Waals surface area contributed by atoms with Crippen molar-refractivity contribution in [2.24, 2.45) is 0 Å². The molecular weight excluding hydrogens is 438 g/mol. The predicted molar refractivity (Wildman–Crippen MR) is 123 cm³/mol. The van der Waals surface area contributed by atoms with Crippen LogP contribution in [0.4, 0.5) is 5.69 Å². The molecule has 27 heavy (non-hydrogen) atoms.